The number of phenolic OH excluding ortho intramolecular Hbond substituents is 1. The molecule has 0 atom stereocenters. The number of hydrogen-bond acceptors (Lipinski definition) is 2. The Labute approximate surface area is 84.6 Å². The van der Waals surface area contributed by atoms with Gasteiger partial charge in [0.25, 0.3) is 0 Å². The minimum Gasteiger partial charge on any atom is -0.507 e. The fourth-order valence-electron chi connectivity index (χ4n) is 1.43. The minimum absolute atomic E-state index is 0.0687. The molecule has 2 nitrogen and oxygen atoms in total. The average Bonchev–Trinajstić information content (AvgIpc) is 2.21. The first-order chi connectivity index (χ1) is 6.77. The number of aryl methyl sites for hydroxylation is 1. The molecule has 0 aliphatic rings. The molecule has 0 fully saturated rings. The molecular formula is C12H16O2. The van der Waals surface area contributed by atoms with Gasteiger partial charge in [0.15, 0.2) is 6.29 Å². The van der Waals surface area contributed by atoms with Crippen LogP contribution >= 0.6 is 0 Å². The van der Waals surface area contributed by atoms with Gasteiger partial charge in [-0.15, -0.1) is 0 Å². The summed E-state index contributed by atoms with van der Waals surface area (Å²) in [5.74, 6) is 0.0687. The van der Waals surface area contributed by atoms with E-state index in [1.54, 1.807) is 12.1 Å². The molecule has 0 amide bonds. The standard InChI is InChI=1S/C12H16O2/c1-2-3-4-5-10-6-7-12(14)11(8-10)9-13/h6-9,14H,2-5H2,1H3. The predicted molar refractivity (Wildman–Crippen MR) is 56.7 cm³/mol. The predicted octanol–water partition coefficient (Wildman–Crippen LogP) is 2.94. The zero-order valence-corrected chi connectivity index (χ0v) is 8.49. The minimum atomic E-state index is 0.0687. The molecule has 1 N–H and O–H groups in total. The number of hydrogen-bond donors (Lipinski definition) is 1. The van der Waals surface area contributed by atoms with Crippen LogP contribution in [0, 0.1) is 0 Å². The maximum atomic E-state index is 10.5. The molecule has 0 unspecified atom stereocenters. The highest BCUT2D eigenvalue weighted by atomic mass is 16.3. The van der Waals surface area contributed by atoms with Crippen molar-refractivity contribution in [1.29, 1.82) is 0 Å². The lowest BCUT2D eigenvalue weighted by atomic mass is 10.0. The normalized spacial score (nSPS) is 10.1. The average molecular weight is 192 g/mol. The van der Waals surface area contributed by atoms with Gasteiger partial charge < -0.3 is 5.11 Å². The van der Waals surface area contributed by atoms with Gasteiger partial charge in [0.1, 0.15) is 5.75 Å². The van der Waals surface area contributed by atoms with Crippen LogP contribution in [0.2, 0.25) is 0 Å². The topological polar surface area (TPSA) is 37.3 Å². The SMILES string of the molecule is CCCCCc1ccc(O)c(C=O)c1. The number of benzene rings is 1. The van der Waals surface area contributed by atoms with E-state index in [9.17, 15) is 9.90 Å². The van der Waals surface area contributed by atoms with Crippen molar-refractivity contribution < 1.29 is 9.90 Å². The van der Waals surface area contributed by atoms with Crippen molar-refractivity contribution in [3.63, 3.8) is 0 Å². The van der Waals surface area contributed by atoms with E-state index in [0.717, 1.165) is 18.4 Å². The maximum absolute atomic E-state index is 10.5. The van der Waals surface area contributed by atoms with Gasteiger partial charge in [-0.1, -0.05) is 25.8 Å². The maximum Gasteiger partial charge on any atom is 0.153 e. The largest absolute Gasteiger partial charge is 0.507 e. The zero-order chi connectivity index (χ0) is 10.4. The van der Waals surface area contributed by atoms with E-state index >= 15 is 0 Å². The van der Waals surface area contributed by atoms with Crippen LogP contribution in [0.25, 0.3) is 0 Å². The summed E-state index contributed by atoms with van der Waals surface area (Å²) in [5.41, 5.74) is 1.51. The molecule has 1 aromatic carbocycles. The van der Waals surface area contributed by atoms with Crippen LogP contribution in [0.15, 0.2) is 18.2 Å². The Morgan fingerprint density at radius 3 is 2.79 bits per heavy atom. The van der Waals surface area contributed by atoms with Gasteiger partial charge in [0, 0.05) is 0 Å². The van der Waals surface area contributed by atoms with Gasteiger partial charge in [0.05, 0.1) is 5.56 Å². The van der Waals surface area contributed by atoms with E-state index in [-0.39, 0.29) is 5.75 Å². The van der Waals surface area contributed by atoms with Crippen LogP contribution in [0.1, 0.15) is 42.1 Å². The summed E-state index contributed by atoms with van der Waals surface area (Å²) in [6, 6.07) is 5.22. The number of aldehydes is 1. The first kappa shape index (κ1) is 10.8. The van der Waals surface area contributed by atoms with E-state index in [2.05, 4.69) is 6.92 Å². The van der Waals surface area contributed by atoms with Crippen LogP contribution in [0.5, 0.6) is 5.75 Å². The highest BCUT2D eigenvalue weighted by Crippen LogP contribution is 2.17. The molecule has 0 spiro atoms. The Kier molecular flexibility index (Phi) is 4.17. The highest BCUT2D eigenvalue weighted by Gasteiger charge is 2.00. The molecule has 0 saturated carbocycles. The molecule has 0 aromatic heterocycles. The van der Waals surface area contributed by atoms with Gasteiger partial charge >= 0.3 is 0 Å². The van der Waals surface area contributed by atoms with Gasteiger partial charge in [-0.25, -0.2) is 0 Å². The molecule has 0 heterocycles. The van der Waals surface area contributed by atoms with Crippen molar-refractivity contribution in [3.05, 3.63) is 29.3 Å². The third-order valence-electron chi connectivity index (χ3n) is 2.29. The summed E-state index contributed by atoms with van der Waals surface area (Å²) in [4.78, 5) is 10.5. The Morgan fingerprint density at radius 2 is 2.14 bits per heavy atom. The van der Waals surface area contributed by atoms with E-state index in [4.69, 9.17) is 0 Å². The Hall–Kier alpha value is -1.31. The fourth-order valence-corrected chi connectivity index (χ4v) is 1.43. The summed E-state index contributed by atoms with van der Waals surface area (Å²) >= 11 is 0. The molecule has 1 aromatic rings. The Bertz CT molecular complexity index is 305. The van der Waals surface area contributed by atoms with Crippen LogP contribution in [0.3, 0.4) is 0 Å². The second kappa shape index (κ2) is 5.43. The molecule has 2 heteroatoms. The van der Waals surface area contributed by atoms with Gasteiger partial charge in [-0.3, -0.25) is 4.79 Å². The Morgan fingerprint density at radius 1 is 1.36 bits per heavy atom. The first-order valence-corrected chi connectivity index (χ1v) is 5.05. The molecule has 0 saturated heterocycles. The van der Waals surface area contributed by atoms with Crippen LogP contribution < -0.4 is 0 Å². The van der Waals surface area contributed by atoms with Crippen LogP contribution in [-0.4, -0.2) is 11.4 Å². The van der Waals surface area contributed by atoms with Crippen molar-refractivity contribution in [1.82, 2.24) is 0 Å². The van der Waals surface area contributed by atoms with Crippen molar-refractivity contribution in [2.24, 2.45) is 0 Å². The van der Waals surface area contributed by atoms with E-state index in [1.165, 1.54) is 12.8 Å². The zero-order valence-electron chi connectivity index (χ0n) is 8.49. The van der Waals surface area contributed by atoms with E-state index in [1.807, 2.05) is 6.07 Å². The third kappa shape index (κ3) is 2.87. The summed E-state index contributed by atoms with van der Waals surface area (Å²) in [6.07, 6.45) is 5.21. The molecule has 1 rings (SSSR count). The van der Waals surface area contributed by atoms with Crippen molar-refractivity contribution >= 4 is 6.29 Å². The van der Waals surface area contributed by atoms with Crippen molar-refractivity contribution in [2.75, 3.05) is 0 Å². The van der Waals surface area contributed by atoms with Crippen LogP contribution in [0.4, 0.5) is 0 Å². The number of carbonyl (C=O) groups excluding carboxylic acids is 1. The Balaban J connectivity index is 2.64. The quantitative estimate of drug-likeness (QED) is 0.575. The molecule has 0 radical (unpaired) electrons. The second-order valence-corrected chi connectivity index (χ2v) is 3.47. The third-order valence-corrected chi connectivity index (χ3v) is 2.29. The van der Waals surface area contributed by atoms with Gasteiger partial charge in [-0.2, -0.15) is 0 Å². The lowest BCUT2D eigenvalue weighted by molar-refractivity contribution is 0.112. The molecule has 0 aliphatic heterocycles. The summed E-state index contributed by atoms with van der Waals surface area (Å²) in [6.45, 7) is 2.16. The summed E-state index contributed by atoms with van der Waals surface area (Å²) in [5, 5.41) is 9.28. The number of phenols is 1. The van der Waals surface area contributed by atoms with Crippen LogP contribution in [-0.2, 0) is 6.42 Å². The number of rotatable bonds is 5. The second-order valence-electron chi connectivity index (χ2n) is 3.47. The molecule has 76 valence electrons. The smallest absolute Gasteiger partial charge is 0.153 e. The number of unbranched alkanes of at least 4 members (excludes halogenated alkanes) is 2. The number of carbonyl (C=O) groups is 1. The highest BCUT2D eigenvalue weighted by molar-refractivity contribution is 5.79. The monoisotopic (exact) mass is 192 g/mol. The molecular weight excluding hydrogens is 176 g/mol. The molecule has 0 bridgehead atoms. The van der Waals surface area contributed by atoms with Gasteiger partial charge in [-0.05, 0) is 30.5 Å². The first-order valence-electron chi connectivity index (χ1n) is 5.05. The van der Waals surface area contributed by atoms with Crippen molar-refractivity contribution in [2.45, 2.75) is 32.6 Å². The fraction of sp³-hybridized carbons (Fsp3) is 0.417. The van der Waals surface area contributed by atoms with Crippen molar-refractivity contribution in [3.8, 4) is 5.75 Å². The summed E-state index contributed by atoms with van der Waals surface area (Å²) in [7, 11) is 0. The lowest BCUT2D eigenvalue weighted by Gasteiger charge is -2.02. The molecule has 14 heavy (non-hydrogen) atoms. The lowest BCUT2D eigenvalue weighted by Crippen LogP contribution is -1.88. The number of aromatic hydroxyl groups is 1. The van der Waals surface area contributed by atoms with E-state index in [0.29, 0.717) is 11.8 Å². The summed E-state index contributed by atoms with van der Waals surface area (Å²) < 4.78 is 0. The van der Waals surface area contributed by atoms with Gasteiger partial charge in [0.2, 0.25) is 0 Å². The molecule has 0 aliphatic carbocycles. The van der Waals surface area contributed by atoms with E-state index < -0.39 is 0 Å².